The Hall–Kier alpha value is -0.300. The summed E-state index contributed by atoms with van der Waals surface area (Å²) in [6.45, 7) is 10.3. The highest BCUT2D eigenvalue weighted by Crippen LogP contribution is 2.44. The van der Waals surface area contributed by atoms with Gasteiger partial charge in [-0.1, -0.05) is 32.4 Å². The van der Waals surface area contributed by atoms with Crippen LogP contribution in [0, 0.1) is 11.3 Å². The fourth-order valence-corrected chi connectivity index (χ4v) is 2.15. The standard InChI is InChI=1S/C11H20O/c1-8-6-5-7-11(4,9(8)2)10(3)12/h8,10,12H,2,5-7H2,1,3-4H3/t8-,10?,11-/m1/s1. The summed E-state index contributed by atoms with van der Waals surface area (Å²) < 4.78 is 0. The lowest BCUT2D eigenvalue weighted by molar-refractivity contribution is 0.0523. The Bertz CT molecular complexity index is 183. The molecule has 1 saturated carbocycles. The van der Waals surface area contributed by atoms with Gasteiger partial charge in [0.05, 0.1) is 6.10 Å². The summed E-state index contributed by atoms with van der Waals surface area (Å²) in [7, 11) is 0. The van der Waals surface area contributed by atoms with Crippen LogP contribution in [-0.2, 0) is 0 Å². The fraction of sp³-hybridized carbons (Fsp3) is 0.818. The van der Waals surface area contributed by atoms with Gasteiger partial charge < -0.3 is 5.11 Å². The minimum atomic E-state index is -0.257. The van der Waals surface area contributed by atoms with E-state index in [9.17, 15) is 5.11 Å². The molecule has 1 unspecified atom stereocenters. The maximum absolute atomic E-state index is 9.66. The van der Waals surface area contributed by atoms with Crippen molar-refractivity contribution in [1.29, 1.82) is 0 Å². The van der Waals surface area contributed by atoms with Gasteiger partial charge in [-0.2, -0.15) is 0 Å². The zero-order chi connectivity index (χ0) is 9.35. The minimum absolute atomic E-state index is 0.0301. The van der Waals surface area contributed by atoms with Gasteiger partial charge in [-0.25, -0.2) is 0 Å². The van der Waals surface area contributed by atoms with Crippen LogP contribution in [0.15, 0.2) is 12.2 Å². The van der Waals surface area contributed by atoms with E-state index in [0.717, 1.165) is 6.42 Å². The molecule has 0 aromatic carbocycles. The minimum Gasteiger partial charge on any atom is -0.393 e. The molecule has 1 aliphatic carbocycles. The van der Waals surface area contributed by atoms with E-state index in [-0.39, 0.29) is 11.5 Å². The molecule has 1 fully saturated rings. The molecule has 0 saturated heterocycles. The van der Waals surface area contributed by atoms with Crippen molar-refractivity contribution in [1.82, 2.24) is 0 Å². The van der Waals surface area contributed by atoms with E-state index in [0.29, 0.717) is 5.92 Å². The van der Waals surface area contributed by atoms with E-state index >= 15 is 0 Å². The van der Waals surface area contributed by atoms with Crippen LogP contribution in [0.4, 0.5) is 0 Å². The van der Waals surface area contributed by atoms with Crippen molar-refractivity contribution >= 4 is 0 Å². The van der Waals surface area contributed by atoms with Crippen LogP contribution < -0.4 is 0 Å². The largest absolute Gasteiger partial charge is 0.393 e. The summed E-state index contributed by atoms with van der Waals surface area (Å²) in [5.41, 5.74) is 1.21. The highest BCUT2D eigenvalue weighted by atomic mass is 16.3. The van der Waals surface area contributed by atoms with Crippen LogP contribution in [0.25, 0.3) is 0 Å². The van der Waals surface area contributed by atoms with Crippen LogP contribution in [0.1, 0.15) is 40.0 Å². The third-order valence-electron chi connectivity index (χ3n) is 3.58. The van der Waals surface area contributed by atoms with Gasteiger partial charge in [-0.3, -0.25) is 0 Å². The molecule has 0 aromatic heterocycles. The number of hydrogen-bond acceptors (Lipinski definition) is 1. The quantitative estimate of drug-likeness (QED) is 0.597. The third-order valence-corrected chi connectivity index (χ3v) is 3.58. The molecule has 3 atom stereocenters. The molecule has 0 spiro atoms. The number of aliphatic hydroxyl groups excluding tert-OH is 1. The summed E-state index contributed by atoms with van der Waals surface area (Å²) in [5, 5.41) is 9.66. The first kappa shape index (κ1) is 9.79. The lowest BCUT2D eigenvalue weighted by Crippen LogP contribution is -2.36. The van der Waals surface area contributed by atoms with Crippen molar-refractivity contribution in [2.45, 2.75) is 46.1 Å². The Morgan fingerprint density at radius 1 is 1.67 bits per heavy atom. The molecule has 0 aliphatic heterocycles. The molecule has 0 bridgehead atoms. The Labute approximate surface area is 75.5 Å². The van der Waals surface area contributed by atoms with E-state index in [1.165, 1.54) is 18.4 Å². The van der Waals surface area contributed by atoms with Gasteiger partial charge in [0.15, 0.2) is 0 Å². The van der Waals surface area contributed by atoms with Gasteiger partial charge >= 0.3 is 0 Å². The predicted molar refractivity (Wildman–Crippen MR) is 51.9 cm³/mol. The lowest BCUT2D eigenvalue weighted by Gasteiger charge is -2.41. The van der Waals surface area contributed by atoms with Gasteiger partial charge in [0.2, 0.25) is 0 Å². The first-order valence-corrected chi connectivity index (χ1v) is 4.86. The lowest BCUT2D eigenvalue weighted by atomic mass is 9.65. The van der Waals surface area contributed by atoms with Crippen LogP contribution in [-0.4, -0.2) is 11.2 Å². The highest BCUT2D eigenvalue weighted by Gasteiger charge is 2.37. The van der Waals surface area contributed by atoms with Crippen molar-refractivity contribution in [2.75, 3.05) is 0 Å². The number of hydrogen-bond donors (Lipinski definition) is 1. The molecule has 70 valence electrons. The van der Waals surface area contributed by atoms with Crippen LogP contribution in [0.5, 0.6) is 0 Å². The van der Waals surface area contributed by atoms with Crippen molar-refractivity contribution in [3.05, 3.63) is 12.2 Å². The topological polar surface area (TPSA) is 20.2 Å². The molecule has 1 heteroatoms. The van der Waals surface area contributed by atoms with Crippen molar-refractivity contribution in [2.24, 2.45) is 11.3 Å². The molecule has 0 radical (unpaired) electrons. The van der Waals surface area contributed by atoms with E-state index in [2.05, 4.69) is 20.4 Å². The fourth-order valence-electron chi connectivity index (χ4n) is 2.15. The van der Waals surface area contributed by atoms with Crippen molar-refractivity contribution in [3.63, 3.8) is 0 Å². The second-order valence-electron chi connectivity index (χ2n) is 4.41. The van der Waals surface area contributed by atoms with E-state index in [1.54, 1.807) is 0 Å². The Morgan fingerprint density at radius 2 is 2.25 bits per heavy atom. The Balaban J connectivity index is 2.81. The molecule has 0 heterocycles. The number of rotatable bonds is 1. The normalized spacial score (nSPS) is 39.7. The maximum Gasteiger partial charge on any atom is 0.0602 e. The summed E-state index contributed by atoms with van der Waals surface area (Å²) >= 11 is 0. The highest BCUT2D eigenvalue weighted by molar-refractivity contribution is 5.16. The van der Waals surface area contributed by atoms with Gasteiger partial charge in [-0.15, -0.1) is 0 Å². The summed E-state index contributed by atoms with van der Waals surface area (Å²) in [6.07, 6.45) is 3.30. The van der Waals surface area contributed by atoms with E-state index in [4.69, 9.17) is 0 Å². The van der Waals surface area contributed by atoms with Gasteiger partial charge in [0.1, 0.15) is 0 Å². The Morgan fingerprint density at radius 3 is 2.67 bits per heavy atom. The first-order valence-electron chi connectivity index (χ1n) is 4.86. The summed E-state index contributed by atoms with van der Waals surface area (Å²) in [4.78, 5) is 0. The van der Waals surface area contributed by atoms with E-state index < -0.39 is 0 Å². The second-order valence-corrected chi connectivity index (χ2v) is 4.41. The summed E-state index contributed by atoms with van der Waals surface area (Å²) in [6, 6.07) is 0. The molecule has 1 nitrogen and oxygen atoms in total. The predicted octanol–water partition coefficient (Wildman–Crippen LogP) is 2.75. The Kier molecular flexibility index (Phi) is 2.62. The van der Waals surface area contributed by atoms with Gasteiger partial charge in [0.25, 0.3) is 0 Å². The van der Waals surface area contributed by atoms with Crippen molar-refractivity contribution in [3.8, 4) is 0 Å². The van der Waals surface area contributed by atoms with Crippen LogP contribution >= 0.6 is 0 Å². The SMILES string of the molecule is C=C1[C@H](C)CCC[C@@]1(C)C(C)O. The molecule has 1 rings (SSSR count). The van der Waals surface area contributed by atoms with Gasteiger partial charge in [-0.05, 0) is 25.7 Å². The zero-order valence-electron chi connectivity index (χ0n) is 8.43. The zero-order valence-corrected chi connectivity index (χ0v) is 8.43. The molecule has 1 aliphatic rings. The molecular weight excluding hydrogens is 148 g/mol. The molecule has 0 amide bonds. The monoisotopic (exact) mass is 168 g/mol. The summed E-state index contributed by atoms with van der Waals surface area (Å²) in [5.74, 6) is 0.582. The first-order chi connectivity index (χ1) is 5.48. The average Bonchev–Trinajstić information content (AvgIpc) is 2.00. The van der Waals surface area contributed by atoms with Crippen molar-refractivity contribution < 1.29 is 5.11 Å². The molecular formula is C11H20O. The second kappa shape index (κ2) is 3.21. The maximum atomic E-state index is 9.66. The molecule has 1 N–H and O–H groups in total. The van der Waals surface area contributed by atoms with Crippen LogP contribution in [0.2, 0.25) is 0 Å². The molecule has 12 heavy (non-hydrogen) atoms. The van der Waals surface area contributed by atoms with E-state index in [1.807, 2.05) is 6.92 Å². The smallest absolute Gasteiger partial charge is 0.0602 e. The molecule has 0 aromatic rings. The third kappa shape index (κ3) is 1.42. The van der Waals surface area contributed by atoms with Gasteiger partial charge in [0, 0.05) is 5.41 Å². The van der Waals surface area contributed by atoms with Crippen LogP contribution in [0.3, 0.4) is 0 Å². The number of aliphatic hydroxyl groups is 1. The average molecular weight is 168 g/mol.